The molecule has 4 rings (SSSR count). The van der Waals surface area contributed by atoms with Gasteiger partial charge in [-0.25, -0.2) is 13.9 Å². The van der Waals surface area contributed by atoms with E-state index in [1.54, 1.807) is 33.9 Å². The molecule has 234 valence electrons. The molecule has 2 unspecified atom stereocenters. The molecule has 5 atom stereocenters. The number of methoxy groups -OCH3 is 1. The summed E-state index contributed by atoms with van der Waals surface area (Å²) in [5.41, 5.74) is 4.43. The predicted octanol–water partition coefficient (Wildman–Crippen LogP) is 1.37. The molecule has 1 saturated heterocycles. The Hall–Kier alpha value is -3.93. The van der Waals surface area contributed by atoms with E-state index in [0.29, 0.717) is 0 Å². The zero-order valence-electron chi connectivity index (χ0n) is 23.8. The average Bonchev–Trinajstić information content (AvgIpc) is 3.41. The number of anilines is 1. The lowest BCUT2D eigenvalue weighted by molar-refractivity contribution is -0.746. The van der Waals surface area contributed by atoms with Crippen LogP contribution < -0.4 is 15.9 Å². The number of phosphoric acid groups is 1. The predicted molar refractivity (Wildman–Crippen MR) is 145 cm³/mol. The molecule has 3 aromatic rings. The Morgan fingerprint density at radius 1 is 1.33 bits per heavy atom. The Labute approximate surface area is 243 Å². The number of H-pyrrole nitrogens is 1. The van der Waals surface area contributed by atoms with Gasteiger partial charge in [0.15, 0.2) is 18.5 Å². The van der Waals surface area contributed by atoms with Crippen LogP contribution in [0.5, 0.6) is 0 Å². The highest BCUT2D eigenvalue weighted by Crippen LogP contribution is 2.42. The van der Waals surface area contributed by atoms with E-state index in [9.17, 15) is 34.1 Å². The Bertz CT molecular complexity index is 1630. The Balaban J connectivity index is 1.70. The number of phosphoric ester groups is 1. The minimum absolute atomic E-state index is 0.0814. The molecule has 0 aliphatic carbocycles. The van der Waals surface area contributed by atoms with Gasteiger partial charge in [-0.15, -0.1) is 0 Å². The average molecular weight is 628 g/mol. The first-order valence-corrected chi connectivity index (χ1v) is 14.3. The van der Waals surface area contributed by atoms with E-state index in [1.807, 2.05) is 0 Å². The molecule has 2 aromatic heterocycles. The number of hydrogen-bond acceptors (Lipinski definition) is 12. The number of carbonyl (C=O) groups excluding carboxylic acids is 1. The van der Waals surface area contributed by atoms with E-state index < -0.39 is 67.1 Å². The number of aromatic amines is 1. The van der Waals surface area contributed by atoms with Gasteiger partial charge in [-0.05, 0) is 6.07 Å². The van der Waals surface area contributed by atoms with Gasteiger partial charge in [0.1, 0.15) is 12.2 Å². The SMILES string of the molecule is COC1[C@@H](OC(=O)OC(c2ccccc2[N+](=O)[O-])C(C)(C)C)[C@@H](COP(=O)(O)O)O[C@H]1[n+]1cn(C)c2c(=O)[nH]c(N)nc21. The lowest BCUT2D eigenvalue weighted by Crippen LogP contribution is -2.48. The molecule has 1 aliphatic heterocycles. The molecule has 3 heterocycles. The maximum absolute atomic E-state index is 13.3. The Morgan fingerprint density at radius 3 is 2.60 bits per heavy atom. The number of aryl methyl sites for hydroxylation is 1. The monoisotopic (exact) mass is 627 g/mol. The second-order valence-corrected chi connectivity index (χ2v) is 12.1. The summed E-state index contributed by atoms with van der Waals surface area (Å²) >= 11 is 0. The third-order valence-corrected chi connectivity index (χ3v) is 7.16. The van der Waals surface area contributed by atoms with Crippen molar-refractivity contribution in [1.29, 1.82) is 0 Å². The van der Waals surface area contributed by atoms with Crippen LogP contribution in [0.25, 0.3) is 11.2 Å². The highest BCUT2D eigenvalue weighted by Gasteiger charge is 2.52. The van der Waals surface area contributed by atoms with E-state index in [4.69, 9.17) is 24.7 Å². The fraction of sp³-hybridized carbons (Fsp3) is 0.500. The summed E-state index contributed by atoms with van der Waals surface area (Å²) in [4.78, 5) is 62.1. The molecule has 1 fully saturated rings. The number of benzene rings is 1. The molecule has 0 spiro atoms. The summed E-state index contributed by atoms with van der Waals surface area (Å²) in [6.07, 6.45) is -5.99. The summed E-state index contributed by atoms with van der Waals surface area (Å²) in [5.74, 6) is -0.189. The van der Waals surface area contributed by atoms with Gasteiger partial charge in [-0.2, -0.15) is 0 Å². The highest BCUT2D eigenvalue weighted by atomic mass is 31.2. The molecule has 18 nitrogen and oxygen atoms in total. The highest BCUT2D eigenvalue weighted by molar-refractivity contribution is 7.46. The summed E-state index contributed by atoms with van der Waals surface area (Å²) in [6.45, 7) is 4.39. The molecule has 1 aromatic carbocycles. The standard InChI is InChI=1S/C24H31N6O12P/c1-24(2,3)18(12-8-6-7-9-13(12)30(33)34)42-23(32)41-16-14(10-39-43(35,36)37)40-21(17(16)38-5)29-11-28(4)15-19(29)26-22(25)27-20(15)31/h6-9,11,14,16-18,21H,10H2,1-5H3,(H4-,25,26,27,31,35,36,37)/p+1/t14-,16+,17?,18?,21-/m1/s1. The summed E-state index contributed by atoms with van der Waals surface area (Å²) in [6, 6.07) is 5.78. The minimum Gasteiger partial charge on any atom is -0.425 e. The van der Waals surface area contributed by atoms with Crippen LogP contribution in [0, 0.1) is 15.5 Å². The molecule has 0 bridgehead atoms. The number of nitrogens with zero attached hydrogens (tertiary/aromatic N) is 4. The summed E-state index contributed by atoms with van der Waals surface area (Å²) < 4.78 is 41.8. The lowest BCUT2D eigenvalue weighted by atomic mass is 9.84. The number of carbonyl (C=O) groups is 1. The number of para-hydroxylation sites is 1. The molecule has 19 heteroatoms. The number of imidazole rings is 1. The second kappa shape index (κ2) is 12.0. The van der Waals surface area contributed by atoms with Crippen LogP contribution in [0.3, 0.4) is 0 Å². The van der Waals surface area contributed by atoms with Crippen molar-refractivity contribution in [3.63, 3.8) is 0 Å². The van der Waals surface area contributed by atoms with E-state index in [2.05, 4.69) is 14.5 Å². The fourth-order valence-corrected chi connectivity index (χ4v) is 5.24. The first-order valence-electron chi connectivity index (χ1n) is 12.8. The van der Waals surface area contributed by atoms with Crippen molar-refractivity contribution in [3.05, 3.63) is 56.6 Å². The molecule has 0 saturated carbocycles. The third-order valence-electron chi connectivity index (χ3n) is 6.68. The van der Waals surface area contributed by atoms with Gasteiger partial charge in [0.25, 0.3) is 17.2 Å². The van der Waals surface area contributed by atoms with Crippen LogP contribution in [0.1, 0.15) is 38.7 Å². The summed E-state index contributed by atoms with van der Waals surface area (Å²) in [5, 5.41) is 11.7. The van der Waals surface area contributed by atoms with Crippen molar-refractivity contribution in [3.8, 4) is 0 Å². The topological polar surface area (TPSA) is 244 Å². The first kappa shape index (κ1) is 32.0. The van der Waals surface area contributed by atoms with Crippen LogP contribution in [0.15, 0.2) is 35.4 Å². The number of aromatic nitrogens is 4. The number of ether oxygens (including phenoxy) is 4. The molecule has 1 aliphatic rings. The van der Waals surface area contributed by atoms with Crippen molar-refractivity contribution in [2.45, 2.75) is 51.4 Å². The van der Waals surface area contributed by atoms with Crippen LogP contribution in [0.2, 0.25) is 0 Å². The first-order chi connectivity index (χ1) is 20.0. The maximum Gasteiger partial charge on any atom is 0.509 e. The van der Waals surface area contributed by atoms with Crippen LogP contribution in [-0.2, 0) is 35.1 Å². The van der Waals surface area contributed by atoms with Crippen molar-refractivity contribution in [2.75, 3.05) is 19.5 Å². The minimum atomic E-state index is -4.99. The van der Waals surface area contributed by atoms with Gasteiger partial charge < -0.3 is 34.5 Å². The quantitative estimate of drug-likeness (QED) is 0.0861. The van der Waals surface area contributed by atoms with Crippen LogP contribution in [-0.4, -0.2) is 67.4 Å². The number of rotatable bonds is 9. The van der Waals surface area contributed by atoms with Gasteiger partial charge in [0, 0.05) is 18.6 Å². The zero-order chi connectivity index (χ0) is 31.9. The van der Waals surface area contributed by atoms with Crippen LogP contribution >= 0.6 is 7.82 Å². The number of nitrogen functional groups attached to an aromatic ring is 1. The fourth-order valence-electron chi connectivity index (χ4n) is 4.90. The normalized spacial score (nSPS) is 21.6. The lowest BCUT2D eigenvalue weighted by Gasteiger charge is -2.31. The van der Waals surface area contributed by atoms with E-state index in [-0.39, 0.29) is 28.4 Å². The number of hydrogen-bond donors (Lipinski definition) is 4. The molecule has 0 radical (unpaired) electrons. The smallest absolute Gasteiger partial charge is 0.425 e. The molecular formula is C24H32N6O12P+. The van der Waals surface area contributed by atoms with Gasteiger partial charge in [-0.3, -0.25) is 29.0 Å². The zero-order valence-corrected chi connectivity index (χ0v) is 24.7. The maximum atomic E-state index is 13.3. The molecular weight excluding hydrogens is 595 g/mol. The Morgan fingerprint density at radius 2 is 2.00 bits per heavy atom. The Kier molecular flexibility index (Phi) is 8.92. The molecule has 43 heavy (non-hydrogen) atoms. The van der Waals surface area contributed by atoms with Gasteiger partial charge >= 0.3 is 19.6 Å². The summed E-state index contributed by atoms with van der Waals surface area (Å²) in [7, 11) is -2.14. The number of fused-ring (bicyclic) bond motifs is 1. The van der Waals surface area contributed by atoms with Gasteiger partial charge in [0.2, 0.25) is 11.7 Å². The van der Waals surface area contributed by atoms with Gasteiger partial charge in [0.05, 0.1) is 24.1 Å². The largest absolute Gasteiger partial charge is 0.509 e. The van der Waals surface area contributed by atoms with Crippen molar-refractivity contribution in [1.82, 2.24) is 14.5 Å². The third kappa shape index (κ3) is 6.84. The van der Waals surface area contributed by atoms with E-state index in [0.717, 1.165) is 0 Å². The van der Waals surface area contributed by atoms with E-state index >= 15 is 0 Å². The van der Waals surface area contributed by atoms with Crippen molar-refractivity contribution >= 4 is 36.8 Å². The molecule has 5 N–H and O–H groups in total. The number of nitro groups is 1. The van der Waals surface area contributed by atoms with E-state index in [1.165, 1.54) is 40.8 Å². The number of nitro benzene ring substituents is 1. The van der Waals surface area contributed by atoms with Crippen LogP contribution in [0.4, 0.5) is 16.4 Å². The number of nitrogens with one attached hydrogen (secondary N) is 1. The molecule has 0 amide bonds. The second-order valence-electron chi connectivity index (χ2n) is 10.8. The van der Waals surface area contributed by atoms with Gasteiger partial charge in [-0.1, -0.05) is 37.9 Å². The van der Waals surface area contributed by atoms with Crippen molar-refractivity contribution < 1.29 is 52.1 Å². The van der Waals surface area contributed by atoms with Crippen molar-refractivity contribution in [2.24, 2.45) is 12.5 Å². The number of nitrogens with two attached hydrogens (primary N) is 1.